The van der Waals surface area contributed by atoms with Crippen LogP contribution < -0.4 is 4.90 Å². The molecule has 2 aliphatic heterocycles. The molecule has 0 saturated carbocycles. The van der Waals surface area contributed by atoms with Crippen LogP contribution in [0.3, 0.4) is 0 Å². The number of nitrogens with zero attached hydrogens (tertiary/aromatic N) is 1. The molecule has 0 bridgehead atoms. The summed E-state index contributed by atoms with van der Waals surface area (Å²) < 4.78 is 6.28. The topological polar surface area (TPSA) is 66.8 Å². The van der Waals surface area contributed by atoms with Crippen LogP contribution >= 0.6 is 0 Å². The van der Waals surface area contributed by atoms with Gasteiger partial charge in [-0.05, 0) is 68.0 Å². The lowest BCUT2D eigenvalue weighted by Crippen LogP contribution is -2.34. The highest BCUT2D eigenvalue weighted by atomic mass is 16.5. The third-order valence-electron chi connectivity index (χ3n) is 7.53. The zero-order valence-electron chi connectivity index (χ0n) is 19.7. The van der Waals surface area contributed by atoms with E-state index < -0.39 is 0 Å². The van der Waals surface area contributed by atoms with Gasteiger partial charge in [0.25, 0.3) is 0 Å². The average molecular weight is 458 g/mol. The molecule has 0 radical (unpaired) electrons. The van der Waals surface area contributed by atoms with Crippen LogP contribution in [0.1, 0.15) is 45.1 Å². The third-order valence-corrected chi connectivity index (χ3v) is 7.53. The summed E-state index contributed by atoms with van der Waals surface area (Å²) in [4.78, 5) is 28.2. The summed E-state index contributed by atoms with van der Waals surface area (Å²) in [7, 11) is 0. The van der Waals surface area contributed by atoms with Gasteiger partial charge in [-0.3, -0.25) is 14.5 Å². The summed E-state index contributed by atoms with van der Waals surface area (Å²) in [6.45, 7) is 4.74. The van der Waals surface area contributed by atoms with E-state index in [9.17, 15) is 14.7 Å². The number of phenolic OH excluding ortho intramolecular Hbond substituents is 1. The number of hydrogen-bond acceptors (Lipinski definition) is 4. The fraction of sp³-hybridized carbons (Fsp3) is 0.379. The van der Waals surface area contributed by atoms with Crippen LogP contribution in [0.25, 0.3) is 6.08 Å². The van der Waals surface area contributed by atoms with E-state index in [4.69, 9.17) is 4.74 Å². The maximum Gasteiger partial charge on any atom is 0.238 e. The number of phenols is 1. The number of anilines is 1. The Labute approximate surface area is 200 Å². The maximum atomic E-state index is 13.5. The van der Waals surface area contributed by atoms with E-state index in [1.807, 2.05) is 42.5 Å². The summed E-state index contributed by atoms with van der Waals surface area (Å²) in [5.41, 5.74) is 5.42. The molecule has 2 heterocycles. The molecule has 2 fully saturated rings. The normalized spacial score (nSPS) is 26.8. The van der Waals surface area contributed by atoms with Crippen molar-refractivity contribution >= 4 is 23.6 Å². The second kappa shape index (κ2) is 9.22. The number of aromatic hydroxyl groups is 1. The van der Waals surface area contributed by atoms with E-state index in [-0.39, 0.29) is 41.4 Å². The van der Waals surface area contributed by atoms with E-state index in [0.29, 0.717) is 18.7 Å². The average Bonchev–Trinajstić information content (AvgIpc) is 3.36. The van der Waals surface area contributed by atoms with Gasteiger partial charge in [-0.1, -0.05) is 54.5 Å². The number of amides is 2. The minimum Gasteiger partial charge on any atom is -0.508 e. The van der Waals surface area contributed by atoms with Gasteiger partial charge in [0.05, 0.1) is 30.2 Å². The molecular formula is C29H31NO4. The minimum absolute atomic E-state index is 0.0119. The van der Waals surface area contributed by atoms with Gasteiger partial charge >= 0.3 is 0 Å². The number of imide groups is 1. The smallest absolute Gasteiger partial charge is 0.238 e. The molecule has 2 aromatic rings. The van der Waals surface area contributed by atoms with Crippen molar-refractivity contribution in [3.63, 3.8) is 0 Å². The Morgan fingerprint density at radius 1 is 1.09 bits per heavy atom. The number of hydrogen-bond donors (Lipinski definition) is 1. The first-order chi connectivity index (χ1) is 16.5. The van der Waals surface area contributed by atoms with Crippen molar-refractivity contribution in [2.45, 2.75) is 45.6 Å². The predicted molar refractivity (Wildman–Crippen MR) is 132 cm³/mol. The fourth-order valence-electron chi connectivity index (χ4n) is 5.97. The molecule has 0 spiro atoms. The number of carbonyl (C=O) groups excluding carboxylic acids is 2. The summed E-state index contributed by atoms with van der Waals surface area (Å²) in [5.74, 6) is -0.516. The fourth-order valence-corrected chi connectivity index (χ4v) is 5.97. The molecule has 1 N–H and O–H groups in total. The lowest BCUT2D eigenvalue weighted by molar-refractivity contribution is -0.122. The Balaban J connectivity index is 1.35. The third kappa shape index (κ3) is 3.98. The second-order valence-corrected chi connectivity index (χ2v) is 9.65. The summed E-state index contributed by atoms with van der Waals surface area (Å²) in [6.07, 6.45) is 5.32. The van der Waals surface area contributed by atoms with Crippen molar-refractivity contribution in [3.05, 3.63) is 76.9 Å². The van der Waals surface area contributed by atoms with Crippen LogP contribution in [-0.2, 0) is 14.3 Å². The van der Waals surface area contributed by atoms with Crippen molar-refractivity contribution in [2.24, 2.45) is 17.8 Å². The second-order valence-electron chi connectivity index (χ2n) is 9.65. The standard InChI is InChI=1S/C29H31NO4/c1-3-20-16-23-27(29(33)30(28(23)32)21-9-5-4-6-10-21)24-17-34-25(26(20)24)13-12-18(2)14-19-8-7-11-22(31)15-19/h4-11,14-15,23-25,27,31H,3,12-13,16-17H2,1-2H3/b18-14+/t23-,24+,25-,27-/m1/s1. The predicted octanol–water partition coefficient (Wildman–Crippen LogP) is 5.51. The summed E-state index contributed by atoms with van der Waals surface area (Å²) in [5, 5.41) is 9.71. The Morgan fingerprint density at radius 2 is 1.88 bits per heavy atom. The number of allylic oxidation sites excluding steroid dienone is 2. The highest BCUT2D eigenvalue weighted by Gasteiger charge is 2.57. The van der Waals surface area contributed by atoms with Crippen molar-refractivity contribution in [1.29, 1.82) is 0 Å². The van der Waals surface area contributed by atoms with Gasteiger partial charge in [-0.15, -0.1) is 0 Å². The highest BCUT2D eigenvalue weighted by molar-refractivity contribution is 6.22. The minimum atomic E-state index is -0.327. The zero-order valence-corrected chi connectivity index (χ0v) is 19.7. The summed E-state index contributed by atoms with van der Waals surface area (Å²) in [6, 6.07) is 16.5. The van der Waals surface area contributed by atoms with Gasteiger partial charge in [-0.25, -0.2) is 0 Å². The van der Waals surface area contributed by atoms with E-state index in [1.54, 1.807) is 12.1 Å². The van der Waals surface area contributed by atoms with Crippen molar-refractivity contribution in [2.75, 3.05) is 11.5 Å². The molecule has 0 unspecified atom stereocenters. The first kappa shape index (κ1) is 22.6. The molecule has 2 aromatic carbocycles. The first-order valence-corrected chi connectivity index (χ1v) is 12.2. The molecule has 4 atom stereocenters. The van der Waals surface area contributed by atoms with Crippen molar-refractivity contribution in [3.8, 4) is 5.75 Å². The zero-order chi connectivity index (χ0) is 23.8. The van der Waals surface area contributed by atoms with Gasteiger partial charge < -0.3 is 9.84 Å². The molecule has 2 amide bonds. The molecule has 34 heavy (non-hydrogen) atoms. The number of ether oxygens (including phenoxy) is 1. The van der Waals surface area contributed by atoms with E-state index in [0.717, 1.165) is 24.8 Å². The highest BCUT2D eigenvalue weighted by Crippen LogP contribution is 2.51. The van der Waals surface area contributed by atoms with Crippen molar-refractivity contribution < 1.29 is 19.4 Å². The van der Waals surface area contributed by atoms with Crippen LogP contribution in [0.2, 0.25) is 0 Å². The van der Waals surface area contributed by atoms with Crippen molar-refractivity contribution in [1.82, 2.24) is 0 Å². The van der Waals surface area contributed by atoms with Crippen LogP contribution in [-0.4, -0.2) is 29.6 Å². The Bertz CT molecular complexity index is 1170. The first-order valence-electron chi connectivity index (χ1n) is 12.2. The maximum absolute atomic E-state index is 13.5. The van der Waals surface area contributed by atoms with Gasteiger partial charge in [0.2, 0.25) is 11.8 Å². The van der Waals surface area contributed by atoms with Gasteiger partial charge in [0, 0.05) is 5.92 Å². The lowest BCUT2D eigenvalue weighted by atomic mass is 9.69. The number of para-hydroxylation sites is 1. The molecule has 5 nitrogen and oxygen atoms in total. The van der Waals surface area contributed by atoms with Crippen LogP contribution in [0.4, 0.5) is 5.69 Å². The SMILES string of the molecule is CCC1=C2[C@@H](CC/C(C)=C/c3cccc(O)c3)OC[C@@H]2[C@@H]2C(=O)N(c3ccccc3)C(=O)[C@@H]2C1. The van der Waals surface area contributed by atoms with E-state index in [2.05, 4.69) is 19.9 Å². The molecule has 0 aromatic heterocycles. The van der Waals surface area contributed by atoms with Gasteiger partial charge in [-0.2, -0.15) is 0 Å². The summed E-state index contributed by atoms with van der Waals surface area (Å²) >= 11 is 0. The van der Waals surface area contributed by atoms with Crippen LogP contribution in [0.5, 0.6) is 5.75 Å². The lowest BCUT2D eigenvalue weighted by Gasteiger charge is -2.31. The Hall–Kier alpha value is -3.18. The number of benzene rings is 2. The Morgan fingerprint density at radius 3 is 2.62 bits per heavy atom. The van der Waals surface area contributed by atoms with Crippen LogP contribution in [0, 0.1) is 17.8 Å². The molecule has 2 saturated heterocycles. The molecule has 176 valence electrons. The molecule has 5 rings (SSSR count). The molecule has 3 aliphatic rings. The van der Waals surface area contributed by atoms with Crippen LogP contribution in [0.15, 0.2) is 71.3 Å². The van der Waals surface area contributed by atoms with E-state index >= 15 is 0 Å². The molecule has 1 aliphatic carbocycles. The molecular weight excluding hydrogens is 426 g/mol. The number of rotatable bonds is 6. The van der Waals surface area contributed by atoms with Gasteiger partial charge in [0.1, 0.15) is 5.75 Å². The monoisotopic (exact) mass is 457 g/mol. The largest absolute Gasteiger partial charge is 0.508 e. The van der Waals surface area contributed by atoms with E-state index in [1.165, 1.54) is 21.6 Å². The Kier molecular flexibility index (Phi) is 6.13. The van der Waals surface area contributed by atoms with Gasteiger partial charge in [0.15, 0.2) is 0 Å². The quantitative estimate of drug-likeness (QED) is 0.459. The number of carbonyl (C=O) groups is 2. The number of fused-ring (bicyclic) bond motifs is 3. The molecule has 5 heteroatoms.